The van der Waals surface area contributed by atoms with Crippen molar-refractivity contribution in [3.63, 3.8) is 0 Å². The number of thiazole rings is 1. The van der Waals surface area contributed by atoms with Gasteiger partial charge in [-0.1, -0.05) is 37.3 Å². The molecule has 0 saturated heterocycles. The van der Waals surface area contributed by atoms with Crippen molar-refractivity contribution in [1.82, 2.24) is 9.88 Å². The fourth-order valence-electron chi connectivity index (χ4n) is 2.35. The Balaban J connectivity index is 1.93. The molecule has 5 nitrogen and oxygen atoms in total. The first-order chi connectivity index (χ1) is 11.6. The van der Waals surface area contributed by atoms with E-state index >= 15 is 0 Å². The van der Waals surface area contributed by atoms with E-state index in [-0.39, 0.29) is 24.4 Å². The van der Waals surface area contributed by atoms with Crippen LogP contribution in [0.1, 0.15) is 32.3 Å². The van der Waals surface area contributed by atoms with E-state index in [2.05, 4.69) is 10.3 Å². The van der Waals surface area contributed by atoms with Gasteiger partial charge in [0.05, 0.1) is 0 Å². The normalized spacial score (nSPS) is 11.8. The van der Waals surface area contributed by atoms with Crippen LogP contribution >= 0.6 is 11.3 Å². The maximum atomic E-state index is 12.6. The van der Waals surface area contributed by atoms with Gasteiger partial charge in [0.15, 0.2) is 5.13 Å². The summed E-state index contributed by atoms with van der Waals surface area (Å²) in [6, 6.07) is 9.93. The van der Waals surface area contributed by atoms with E-state index in [9.17, 15) is 9.59 Å². The monoisotopic (exact) mass is 345 g/mol. The Morgan fingerprint density at radius 1 is 1.29 bits per heavy atom. The Hall–Kier alpha value is -2.21. The number of carbonyl (C=O) groups is 2. The molecule has 0 aliphatic rings. The van der Waals surface area contributed by atoms with Gasteiger partial charge < -0.3 is 10.2 Å². The number of amides is 2. The second-order valence-electron chi connectivity index (χ2n) is 5.65. The van der Waals surface area contributed by atoms with E-state index in [4.69, 9.17) is 0 Å². The van der Waals surface area contributed by atoms with Crippen LogP contribution in [0.4, 0.5) is 5.13 Å². The van der Waals surface area contributed by atoms with Gasteiger partial charge in [-0.2, -0.15) is 0 Å². The minimum absolute atomic E-state index is 0.00231. The minimum atomic E-state index is -0.210. The van der Waals surface area contributed by atoms with Crippen LogP contribution < -0.4 is 5.32 Å². The predicted octanol–water partition coefficient (Wildman–Crippen LogP) is 3.34. The summed E-state index contributed by atoms with van der Waals surface area (Å²) >= 11 is 1.36. The third kappa shape index (κ3) is 5.45. The third-order valence-electron chi connectivity index (χ3n) is 3.91. The van der Waals surface area contributed by atoms with Crippen molar-refractivity contribution in [2.45, 2.75) is 39.2 Å². The van der Waals surface area contributed by atoms with Crippen molar-refractivity contribution < 1.29 is 9.59 Å². The summed E-state index contributed by atoms with van der Waals surface area (Å²) in [5.74, 6) is -0.208. The van der Waals surface area contributed by atoms with Crippen molar-refractivity contribution in [1.29, 1.82) is 0 Å². The topological polar surface area (TPSA) is 62.3 Å². The minimum Gasteiger partial charge on any atom is -0.331 e. The van der Waals surface area contributed by atoms with E-state index < -0.39 is 0 Å². The van der Waals surface area contributed by atoms with Crippen molar-refractivity contribution >= 4 is 28.3 Å². The molecule has 0 bridgehead atoms. The van der Waals surface area contributed by atoms with Gasteiger partial charge in [0, 0.05) is 24.0 Å². The van der Waals surface area contributed by atoms with Gasteiger partial charge in [-0.3, -0.25) is 9.59 Å². The summed E-state index contributed by atoms with van der Waals surface area (Å²) in [7, 11) is 0. The first-order valence-electron chi connectivity index (χ1n) is 8.13. The molecule has 24 heavy (non-hydrogen) atoms. The van der Waals surface area contributed by atoms with Crippen LogP contribution in [-0.2, 0) is 16.0 Å². The Morgan fingerprint density at radius 3 is 2.67 bits per heavy atom. The molecule has 2 amide bonds. The second-order valence-corrected chi connectivity index (χ2v) is 6.54. The lowest BCUT2D eigenvalue weighted by atomic mass is 10.1. The Kier molecular flexibility index (Phi) is 6.93. The zero-order chi connectivity index (χ0) is 17.4. The standard InChI is InChI=1S/C18H23N3O2S/c1-3-14(2)21(13-16(22)20-18-19-11-12-24-18)17(23)10-9-15-7-5-4-6-8-15/h4-8,11-12,14H,3,9-10,13H2,1-2H3,(H,19,20,22). The number of hydrogen-bond donors (Lipinski definition) is 1. The van der Waals surface area contributed by atoms with Crippen LogP contribution in [-0.4, -0.2) is 34.3 Å². The molecule has 0 fully saturated rings. The van der Waals surface area contributed by atoms with Crippen molar-refractivity contribution in [2.24, 2.45) is 0 Å². The van der Waals surface area contributed by atoms with Gasteiger partial charge in [-0.25, -0.2) is 4.98 Å². The zero-order valence-electron chi connectivity index (χ0n) is 14.1. The van der Waals surface area contributed by atoms with Crippen LogP contribution in [0.2, 0.25) is 0 Å². The number of nitrogens with one attached hydrogen (secondary N) is 1. The van der Waals surface area contributed by atoms with Gasteiger partial charge in [0.1, 0.15) is 6.54 Å². The van der Waals surface area contributed by atoms with Crippen LogP contribution in [0.15, 0.2) is 41.9 Å². The predicted molar refractivity (Wildman–Crippen MR) is 97.0 cm³/mol. The number of carbonyl (C=O) groups excluding carboxylic acids is 2. The molecule has 1 N–H and O–H groups in total. The summed E-state index contributed by atoms with van der Waals surface area (Å²) < 4.78 is 0. The van der Waals surface area contributed by atoms with Crippen LogP contribution in [0.5, 0.6) is 0 Å². The molecule has 1 heterocycles. The Bertz CT molecular complexity index is 644. The van der Waals surface area contributed by atoms with Crippen LogP contribution in [0, 0.1) is 0 Å². The van der Waals surface area contributed by atoms with E-state index in [1.165, 1.54) is 11.3 Å². The fourth-order valence-corrected chi connectivity index (χ4v) is 2.89. The van der Waals surface area contributed by atoms with E-state index in [1.807, 2.05) is 44.2 Å². The van der Waals surface area contributed by atoms with Gasteiger partial charge in [-0.05, 0) is 25.3 Å². The Labute approximate surface area is 146 Å². The summed E-state index contributed by atoms with van der Waals surface area (Å²) in [5, 5.41) is 5.09. The Morgan fingerprint density at radius 2 is 2.04 bits per heavy atom. The maximum absolute atomic E-state index is 12.6. The molecule has 1 atom stereocenters. The number of benzene rings is 1. The summed E-state index contributed by atoms with van der Waals surface area (Å²) in [4.78, 5) is 30.5. The molecule has 1 aromatic carbocycles. The van der Waals surface area contributed by atoms with E-state index in [0.717, 1.165) is 12.0 Å². The molecule has 2 aromatic rings. The molecule has 0 spiro atoms. The van der Waals surface area contributed by atoms with Crippen LogP contribution in [0.3, 0.4) is 0 Å². The lowest BCUT2D eigenvalue weighted by molar-refractivity contribution is -0.136. The largest absolute Gasteiger partial charge is 0.331 e. The van der Waals surface area contributed by atoms with Crippen molar-refractivity contribution in [3.05, 3.63) is 47.5 Å². The molecule has 1 unspecified atom stereocenters. The number of hydrogen-bond acceptors (Lipinski definition) is 4. The molecule has 128 valence electrons. The average Bonchev–Trinajstić information content (AvgIpc) is 3.10. The first kappa shape index (κ1) is 18.1. The zero-order valence-corrected chi connectivity index (χ0v) is 14.9. The van der Waals surface area contributed by atoms with E-state index in [1.54, 1.807) is 16.5 Å². The fraction of sp³-hybridized carbons (Fsp3) is 0.389. The van der Waals surface area contributed by atoms with E-state index in [0.29, 0.717) is 18.0 Å². The summed E-state index contributed by atoms with van der Waals surface area (Å²) in [5.41, 5.74) is 1.13. The maximum Gasteiger partial charge on any atom is 0.245 e. The molecule has 1 aromatic heterocycles. The molecule has 0 aliphatic heterocycles. The molecular formula is C18H23N3O2S. The quantitative estimate of drug-likeness (QED) is 0.798. The molecule has 0 aliphatic carbocycles. The molecule has 6 heteroatoms. The molecular weight excluding hydrogens is 322 g/mol. The smallest absolute Gasteiger partial charge is 0.245 e. The molecule has 2 rings (SSSR count). The van der Waals surface area contributed by atoms with Crippen LogP contribution in [0.25, 0.3) is 0 Å². The number of aromatic nitrogens is 1. The number of rotatable bonds is 8. The number of nitrogens with zero attached hydrogens (tertiary/aromatic N) is 2. The highest BCUT2D eigenvalue weighted by Crippen LogP contribution is 2.12. The highest BCUT2D eigenvalue weighted by molar-refractivity contribution is 7.13. The third-order valence-corrected chi connectivity index (χ3v) is 4.59. The lowest BCUT2D eigenvalue weighted by Crippen LogP contribution is -2.43. The highest BCUT2D eigenvalue weighted by atomic mass is 32.1. The molecule has 0 radical (unpaired) electrons. The summed E-state index contributed by atoms with van der Waals surface area (Å²) in [6.45, 7) is 4.04. The van der Waals surface area contributed by atoms with Gasteiger partial charge in [0.25, 0.3) is 0 Å². The molecule has 0 saturated carbocycles. The first-order valence-corrected chi connectivity index (χ1v) is 9.00. The summed E-state index contributed by atoms with van der Waals surface area (Å²) in [6.07, 6.45) is 3.53. The lowest BCUT2D eigenvalue weighted by Gasteiger charge is -2.28. The van der Waals surface area contributed by atoms with Crippen molar-refractivity contribution in [3.8, 4) is 0 Å². The second kappa shape index (κ2) is 9.17. The number of anilines is 1. The number of aryl methyl sites for hydroxylation is 1. The van der Waals surface area contributed by atoms with Gasteiger partial charge >= 0.3 is 0 Å². The van der Waals surface area contributed by atoms with Crippen molar-refractivity contribution in [2.75, 3.05) is 11.9 Å². The highest BCUT2D eigenvalue weighted by Gasteiger charge is 2.21. The van der Waals surface area contributed by atoms with Gasteiger partial charge in [0.2, 0.25) is 11.8 Å². The van der Waals surface area contributed by atoms with Gasteiger partial charge in [-0.15, -0.1) is 11.3 Å². The SMILES string of the molecule is CCC(C)N(CC(=O)Nc1nccs1)C(=O)CCc1ccccc1. The average molecular weight is 345 g/mol.